The van der Waals surface area contributed by atoms with Crippen molar-refractivity contribution in [1.82, 2.24) is 10.2 Å². The monoisotopic (exact) mass is 176 g/mol. The zero-order valence-electron chi connectivity index (χ0n) is 6.87. The van der Waals surface area contributed by atoms with Crippen LogP contribution in [0.2, 0.25) is 0 Å². The molecule has 0 aromatic carbocycles. The summed E-state index contributed by atoms with van der Waals surface area (Å²) in [6, 6.07) is 1.93. The Labute approximate surface area is 74.8 Å². The van der Waals surface area contributed by atoms with Gasteiger partial charge in [-0.15, -0.1) is 0 Å². The van der Waals surface area contributed by atoms with Gasteiger partial charge >= 0.3 is 0 Å². The molecule has 1 aliphatic rings. The van der Waals surface area contributed by atoms with Gasteiger partial charge in [-0.1, -0.05) is 0 Å². The minimum Gasteiger partial charge on any atom is -0.310 e. The van der Waals surface area contributed by atoms with Gasteiger partial charge in [0, 0.05) is 5.92 Å². The van der Waals surface area contributed by atoms with E-state index in [0.29, 0.717) is 11.4 Å². The lowest BCUT2D eigenvalue weighted by Gasteiger charge is -1.99. The zero-order chi connectivity index (χ0) is 9.26. The predicted octanol–water partition coefficient (Wildman–Crippen LogP) is 0.630. The summed E-state index contributed by atoms with van der Waals surface area (Å²) in [5.41, 5.74) is 0.369. The molecule has 1 aromatic heterocycles. The zero-order valence-corrected chi connectivity index (χ0v) is 6.87. The first-order valence-electron chi connectivity index (χ1n) is 4.05. The van der Waals surface area contributed by atoms with Crippen molar-refractivity contribution in [1.29, 1.82) is 5.26 Å². The second-order valence-electron chi connectivity index (χ2n) is 3.03. The van der Waals surface area contributed by atoms with Crippen molar-refractivity contribution >= 4 is 11.7 Å². The van der Waals surface area contributed by atoms with Gasteiger partial charge in [0.05, 0.1) is 6.20 Å². The molecular weight excluding hydrogens is 168 g/mol. The van der Waals surface area contributed by atoms with E-state index in [1.165, 1.54) is 6.20 Å². The number of hydrogen-bond donors (Lipinski definition) is 2. The van der Waals surface area contributed by atoms with Crippen molar-refractivity contribution < 1.29 is 4.79 Å². The first kappa shape index (κ1) is 7.80. The van der Waals surface area contributed by atoms with Crippen LogP contribution < -0.4 is 5.32 Å². The Bertz CT molecular complexity index is 372. The summed E-state index contributed by atoms with van der Waals surface area (Å²) in [4.78, 5) is 11.3. The summed E-state index contributed by atoms with van der Waals surface area (Å²) in [5.74, 6) is 0.509. The van der Waals surface area contributed by atoms with E-state index in [4.69, 9.17) is 5.26 Å². The van der Waals surface area contributed by atoms with Crippen molar-refractivity contribution in [3.8, 4) is 6.07 Å². The predicted molar refractivity (Wildman–Crippen MR) is 44.7 cm³/mol. The van der Waals surface area contributed by atoms with Gasteiger partial charge in [-0.25, -0.2) is 0 Å². The molecule has 1 aliphatic carbocycles. The molecule has 2 N–H and O–H groups in total. The van der Waals surface area contributed by atoms with E-state index in [1.54, 1.807) is 0 Å². The van der Waals surface area contributed by atoms with Crippen LogP contribution in [0, 0.1) is 17.2 Å². The van der Waals surface area contributed by atoms with Crippen LogP contribution in [-0.4, -0.2) is 16.1 Å². The second-order valence-corrected chi connectivity index (χ2v) is 3.03. The molecular formula is C8H8N4O. The number of aromatic amines is 1. The minimum atomic E-state index is -0.0271. The normalized spacial score (nSPS) is 15.0. The highest BCUT2D eigenvalue weighted by Crippen LogP contribution is 2.30. The average molecular weight is 176 g/mol. The fourth-order valence-electron chi connectivity index (χ4n) is 1.04. The van der Waals surface area contributed by atoms with Crippen molar-refractivity contribution in [2.45, 2.75) is 12.8 Å². The molecule has 1 saturated carbocycles. The van der Waals surface area contributed by atoms with Crippen LogP contribution in [0.3, 0.4) is 0 Å². The van der Waals surface area contributed by atoms with Crippen LogP contribution >= 0.6 is 0 Å². The molecule has 2 rings (SSSR count). The summed E-state index contributed by atoms with van der Waals surface area (Å²) in [6.07, 6.45) is 3.28. The van der Waals surface area contributed by atoms with Gasteiger partial charge in [0.2, 0.25) is 5.91 Å². The van der Waals surface area contributed by atoms with Crippen LogP contribution in [0.1, 0.15) is 18.4 Å². The number of nitriles is 1. The largest absolute Gasteiger partial charge is 0.310 e. The minimum absolute atomic E-state index is 0.0271. The second kappa shape index (κ2) is 2.90. The van der Waals surface area contributed by atoms with E-state index in [9.17, 15) is 4.79 Å². The number of carbonyl (C=O) groups excluding carboxylic acids is 1. The van der Waals surface area contributed by atoms with E-state index in [-0.39, 0.29) is 11.8 Å². The molecule has 0 atom stereocenters. The third-order valence-electron chi connectivity index (χ3n) is 1.96. The Morgan fingerprint density at radius 3 is 3.15 bits per heavy atom. The van der Waals surface area contributed by atoms with Crippen molar-refractivity contribution in [3.05, 3.63) is 11.8 Å². The number of H-pyrrole nitrogens is 1. The SMILES string of the molecule is N#Cc1cn[nH]c1NC(=O)C1CC1. The third kappa shape index (κ3) is 1.51. The Morgan fingerprint density at radius 1 is 1.77 bits per heavy atom. The van der Waals surface area contributed by atoms with E-state index in [1.807, 2.05) is 6.07 Å². The Hall–Kier alpha value is -1.83. The highest BCUT2D eigenvalue weighted by molar-refractivity contribution is 5.94. The number of carbonyl (C=O) groups is 1. The fourth-order valence-corrected chi connectivity index (χ4v) is 1.04. The van der Waals surface area contributed by atoms with Gasteiger partial charge in [0.15, 0.2) is 0 Å². The van der Waals surface area contributed by atoms with Crippen LogP contribution in [0.25, 0.3) is 0 Å². The summed E-state index contributed by atoms with van der Waals surface area (Å²) in [5, 5.41) is 17.5. The van der Waals surface area contributed by atoms with Crippen LogP contribution in [0.4, 0.5) is 5.82 Å². The molecule has 1 amide bonds. The van der Waals surface area contributed by atoms with Crippen LogP contribution in [0.15, 0.2) is 6.20 Å². The topological polar surface area (TPSA) is 81.6 Å². The maximum Gasteiger partial charge on any atom is 0.228 e. The number of nitrogens with one attached hydrogen (secondary N) is 2. The molecule has 1 heterocycles. The Morgan fingerprint density at radius 2 is 2.54 bits per heavy atom. The van der Waals surface area contributed by atoms with Crippen LogP contribution in [0.5, 0.6) is 0 Å². The van der Waals surface area contributed by atoms with Gasteiger partial charge in [0.25, 0.3) is 0 Å². The molecule has 1 fully saturated rings. The maximum absolute atomic E-state index is 11.3. The lowest BCUT2D eigenvalue weighted by Crippen LogP contribution is -2.14. The summed E-state index contributed by atoms with van der Waals surface area (Å²) >= 11 is 0. The molecule has 1 aromatic rings. The lowest BCUT2D eigenvalue weighted by atomic mass is 10.3. The first-order valence-corrected chi connectivity index (χ1v) is 4.05. The molecule has 0 spiro atoms. The highest BCUT2D eigenvalue weighted by atomic mass is 16.2. The number of rotatable bonds is 2. The quantitative estimate of drug-likeness (QED) is 0.693. The molecule has 0 aliphatic heterocycles. The molecule has 5 nitrogen and oxygen atoms in total. The molecule has 0 bridgehead atoms. The molecule has 0 unspecified atom stereocenters. The van der Waals surface area contributed by atoms with Crippen molar-refractivity contribution in [2.75, 3.05) is 5.32 Å². The Kier molecular flexibility index (Phi) is 1.74. The van der Waals surface area contributed by atoms with Gasteiger partial charge in [0.1, 0.15) is 17.5 Å². The van der Waals surface area contributed by atoms with Gasteiger partial charge < -0.3 is 5.32 Å². The Balaban J connectivity index is 2.08. The van der Waals surface area contributed by atoms with E-state index < -0.39 is 0 Å². The summed E-state index contributed by atoms with van der Waals surface area (Å²) in [6.45, 7) is 0. The first-order chi connectivity index (χ1) is 6.31. The average Bonchev–Trinajstić information content (AvgIpc) is 2.88. The maximum atomic E-state index is 11.3. The van der Waals surface area contributed by atoms with Gasteiger partial charge in [-0.3, -0.25) is 9.89 Å². The molecule has 0 saturated heterocycles. The number of amides is 1. The van der Waals surface area contributed by atoms with E-state index in [0.717, 1.165) is 12.8 Å². The fraction of sp³-hybridized carbons (Fsp3) is 0.375. The third-order valence-corrected chi connectivity index (χ3v) is 1.96. The standard InChI is InChI=1S/C8H8N4O/c9-3-6-4-10-12-7(6)11-8(13)5-1-2-5/h4-5H,1-2H2,(H2,10,11,12,13). The number of aromatic nitrogens is 2. The number of hydrogen-bond acceptors (Lipinski definition) is 3. The lowest BCUT2D eigenvalue weighted by molar-refractivity contribution is -0.117. The molecule has 5 heteroatoms. The van der Waals surface area contributed by atoms with E-state index in [2.05, 4.69) is 15.5 Å². The summed E-state index contributed by atoms with van der Waals surface area (Å²) in [7, 11) is 0. The number of nitrogens with zero attached hydrogens (tertiary/aromatic N) is 2. The van der Waals surface area contributed by atoms with Crippen molar-refractivity contribution in [2.24, 2.45) is 5.92 Å². The molecule has 66 valence electrons. The van der Waals surface area contributed by atoms with Crippen molar-refractivity contribution in [3.63, 3.8) is 0 Å². The van der Waals surface area contributed by atoms with Gasteiger partial charge in [-0.2, -0.15) is 10.4 Å². The van der Waals surface area contributed by atoms with Crippen LogP contribution in [-0.2, 0) is 4.79 Å². The summed E-state index contributed by atoms with van der Waals surface area (Å²) < 4.78 is 0. The molecule has 0 radical (unpaired) electrons. The molecule has 13 heavy (non-hydrogen) atoms. The smallest absolute Gasteiger partial charge is 0.228 e. The number of anilines is 1. The highest BCUT2D eigenvalue weighted by Gasteiger charge is 2.30. The van der Waals surface area contributed by atoms with E-state index >= 15 is 0 Å². The van der Waals surface area contributed by atoms with Gasteiger partial charge in [-0.05, 0) is 12.8 Å².